The Morgan fingerprint density at radius 1 is 1.07 bits per heavy atom. The Labute approximate surface area is 242 Å². The third kappa shape index (κ3) is 6.55. The average molecular weight is 574 g/mol. The number of phenolic OH excluding ortho intramolecular Hbond substituents is 1. The highest BCUT2D eigenvalue weighted by Gasteiger charge is 2.39. The van der Waals surface area contributed by atoms with E-state index in [1.807, 2.05) is 42.5 Å². The van der Waals surface area contributed by atoms with Gasteiger partial charge in [0, 0.05) is 53.6 Å². The van der Waals surface area contributed by atoms with E-state index in [0.717, 1.165) is 47.6 Å². The summed E-state index contributed by atoms with van der Waals surface area (Å²) in [6.45, 7) is 8.15. The number of hydrogen-bond acceptors (Lipinski definition) is 7. The Hall–Kier alpha value is -4.28. The number of benzene rings is 3. The Kier molecular flexibility index (Phi) is 8.05. The molecule has 3 aromatic carbocycles. The van der Waals surface area contributed by atoms with E-state index < -0.39 is 17.8 Å². The molecule has 0 radical (unpaired) electrons. The van der Waals surface area contributed by atoms with Crippen LogP contribution in [0.2, 0.25) is 0 Å². The number of amides is 2. The molecule has 1 aliphatic heterocycles. The van der Waals surface area contributed by atoms with Gasteiger partial charge in [0.15, 0.2) is 5.13 Å². The number of carbonyl (C=O) groups excluding carboxylic acids is 2. The average Bonchev–Trinajstić information content (AvgIpc) is 3.56. The molecule has 1 aromatic heterocycles. The summed E-state index contributed by atoms with van der Waals surface area (Å²) in [7, 11) is 0. The van der Waals surface area contributed by atoms with E-state index in [4.69, 9.17) is 0 Å². The van der Waals surface area contributed by atoms with Crippen molar-refractivity contribution in [2.75, 3.05) is 23.7 Å². The lowest BCUT2D eigenvalue weighted by molar-refractivity contribution is -0.120. The number of anilines is 2. The number of nitrogens with one attached hydrogen (secondary N) is 3. The normalized spacial score (nSPS) is 13.7. The number of aromatic nitrogens is 1. The van der Waals surface area contributed by atoms with Gasteiger partial charge in [0.1, 0.15) is 17.6 Å². The van der Waals surface area contributed by atoms with Crippen molar-refractivity contribution in [1.82, 2.24) is 15.2 Å². The van der Waals surface area contributed by atoms with Gasteiger partial charge in [-0.05, 0) is 73.9 Å². The molecule has 0 spiro atoms. The highest BCUT2D eigenvalue weighted by Crippen LogP contribution is 2.38. The fourth-order valence-corrected chi connectivity index (χ4v) is 5.32. The fourth-order valence-electron chi connectivity index (χ4n) is 4.79. The summed E-state index contributed by atoms with van der Waals surface area (Å²) in [5.41, 5.74) is 4.07. The first-order valence-corrected chi connectivity index (χ1v) is 14.2. The zero-order valence-corrected chi connectivity index (χ0v) is 23.9. The molecule has 0 unspecified atom stereocenters. The summed E-state index contributed by atoms with van der Waals surface area (Å²) in [6, 6.07) is 15.7. The Balaban J connectivity index is 1.36. The Morgan fingerprint density at radius 3 is 2.54 bits per heavy atom. The number of rotatable bonds is 9. The Morgan fingerprint density at radius 2 is 1.83 bits per heavy atom. The smallest absolute Gasteiger partial charge is 0.255 e. The summed E-state index contributed by atoms with van der Waals surface area (Å²) in [5.74, 6) is -1.88. The van der Waals surface area contributed by atoms with Crippen LogP contribution >= 0.6 is 11.3 Å². The lowest BCUT2D eigenvalue weighted by Gasteiger charge is -2.27. The number of thiazole rings is 1. The van der Waals surface area contributed by atoms with Crippen LogP contribution in [0, 0.1) is 5.82 Å². The SMILES string of the molecule is CC(C)(C)NCCNc1ccc(-c2ccc3c(c2)C(=O)N([C@H](C(=O)Nc2nccs2)c2cc(F)ccc2O)C3)cc1. The van der Waals surface area contributed by atoms with Gasteiger partial charge < -0.3 is 20.6 Å². The molecule has 4 N–H and O–H groups in total. The minimum atomic E-state index is -1.27. The van der Waals surface area contributed by atoms with Crippen molar-refractivity contribution in [2.24, 2.45) is 0 Å². The van der Waals surface area contributed by atoms with Gasteiger partial charge in [0.05, 0.1) is 0 Å². The largest absolute Gasteiger partial charge is 0.508 e. The van der Waals surface area contributed by atoms with Gasteiger partial charge in [-0.15, -0.1) is 11.3 Å². The van der Waals surface area contributed by atoms with E-state index in [1.165, 1.54) is 22.3 Å². The molecule has 1 aliphatic rings. The van der Waals surface area contributed by atoms with Crippen molar-refractivity contribution in [2.45, 2.75) is 38.9 Å². The first kappa shape index (κ1) is 28.3. The highest BCUT2D eigenvalue weighted by atomic mass is 32.1. The van der Waals surface area contributed by atoms with Crippen molar-refractivity contribution in [1.29, 1.82) is 0 Å². The van der Waals surface area contributed by atoms with Crippen LogP contribution < -0.4 is 16.0 Å². The van der Waals surface area contributed by atoms with Crippen LogP contribution in [0.25, 0.3) is 11.1 Å². The molecule has 8 nitrogen and oxygen atoms in total. The molecule has 0 bridgehead atoms. The molecular formula is C31H32FN5O3S. The molecule has 10 heteroatoms. The van der Waals surface area contributed by atoms with Gasteiger partial charge in [-0.2, -0.15) is 0 Å². The van der Waals surface area contributed by atoms with Crippen LogP contribution in [0.15, 0.2) is 72.2 Å². The number of nitrogens with zero attached hydrogens (tertiary/aromatic N) is 2. The lowest BCUT2D eigenvalue weighted by Crippen LogP contribution is -2.38. The summed E-state index contributed by atoms with van der Waals surface area (Å²) in [4.78, 5) is 32.6. The van der Waals surface area contributed by atoms with Crippen LogP contribution in [0.5, 0.6) is 5.75 Å². The number of fused-ring (bicyclic) bond motifs is 1. The predicted octanol–water partition coefficient (Wildman–Crippen LogP) is 5.79. The molecule has 0 saturated carbocycles. The van der Waals surface area contributed by atoms with Gasteiger partial charge in [0.2, 0.25) is 0 Å². The third-order valence-corrected chi connectivity index (χ3v) is 7.46. The summed E-state index contributed by atoms with van der Waals surface area (Å²) in [5, 5.41) is 22.1. The molecule has 0 aliphatic carbocycles. The minimum absolute atomic E-state index is 0.00113. The Bertz CT molecular complexity index is 1550. The predicted molar refractivity (Wildman–Crippen MR) is 160 cm³/mol. The summed E-state index contributed by atoms with van der Waals surface area (Å²) < 4.78 is 14.2. The molecule has 0 saturated heterocycles. The molecule has 4 aromatic rings. The molecule has 2 heterocycles. The maximum atomic E-state index is 14.2. The highest BCUT2D eigenvalue weighted by molar-refractivity contribution is 7.13. The molecule has 0 fully saturated rings. The second-order valence-corrected chi connectivity index (χ2v) is 11.8. The molecule has 5 rings (SSSR count). The maximum Gasteiger partial charge on any atom is 0.255 e. The molecule has 2 amide bonds. The maximum absolute atomic E-state index is 14.2. The van der Waals surface area contributed by atoms with Crippen molar-refractivity contribution in [3.63, 3.8) is 0 Å². The summed E-state index contributed by atoms with van der Waals surface area (Å²) >= 11 is 1.22. The minimum Gasteiger partial charge on any atom is -0.508 e. The van der Waals surface area contributed by atoms with E-state index in [-0.39, 0.29) is 29.3 Å². The van der Waals surface area contributed by atoms with Crippen LogP contribution in [-0.4, -0.2) is 45.4 Å². The topological polar surface area (TPSA) is 107 Å². The molecule has 41 heavy (non-hydrogen) atoms. The van der Waals surface area contributed by atoms with Crippen LogP contribution in [0.3, 0.4) is 0 Å². The second-order valence-electron chi connectivity index (χ2n) is 10.9. The van der Waals surface area contributed by atoms with Crippen LogP contribution in [-0.2, 0) is 11.3 Å². The van der Waals surface area contributed by atoms with E-state index in [9.17, 15) is 19.1 Å². The van der Waals surface area contributed by atoms with E-state index in [1.54, 1.807) is 11.6 Å². The van der Waals surface area contributed by atoms with Crippen molar-refractivity contribution < 1.29 is 19.1 Å². The monoisotopic (exact) mass is 573 g/mol. The van der Waals surface area contributed by atoms with Gasteiger partial charge in [-0.25, -0.2) is 9.37 Å². The molecular weight excluding hydrogens is 541 g/mol. The zero-order valence-electron chi connectivity index (χ0n) is 23.1. The quantitative estimate of drug-likeness (QED) is 0.189. The van der Waals surface area contributed by atoms with Gasteiger partial charge in [-0.1, -0.05) is 24.3 Å². The molecule has 1 atom stereocenters. The van der Waals surface area contributed by atoms with Crippen LogP contribution in [0.4, 0.5) is 15.2 Å². The zero-order chi connectivity index (χ0) is 29.1. The number of carbonyl (C=O) groups is 2. The fraction of sp³-hybridized carbons (Fsp3) is 0.258. The molecule has 212 valence electrons. The second kappa shape index (κ2) is 11.7. The van der Waals surface area contributed by atoms with E-state index in [0.29, 0.717) is 10.7 Å². The van der Waals surface area contributed by atoms with Gasteiger partial charge in [-0.3, -0.25) is 14.9 Å². The van der Waals surface area contributed by atoms with Crippen molar-refractivity contribution in [3.8, 4) is 16.9 Å². The lowest BCUT2D eigenvalue weighted by atomic mass is 10.00. The summed E-state index contributed by atoms with van der Waals surface area (Å²) in [6.07, 6.45) is 1.54. The van der Waals surface area contributed by atoms with Gasteiger partial charge in [0.25, 0.3) is 11.8 Å². The number of aromatic hydroxyl groups is 1. The first-order chi connectivity index (χ1) is 19.6. The standard InChI is InChI=1S/C31H32FN5O3S/c1-31(2,3)35-13-12-33-23-9-6-19(7-10-23)20-4-5-21-18-37(29(40)24(21)16-20)27(25-17-22(32)8-11-26(25)38)28(39)36-30-34-14-15-41-30/h4-11,14-17,27,33,35,38H,12-13,18H2,1-3H3,(H,34,36,39)/t27-/m0/s1. The number of hydrogen-bond donors (Lipinski definition) is 4. The van der Waals surface area contributed by atoms with Crippen LogP contribution in [0.1, 0.15) is 48.3 Å². The van der Waals surface area contributed by atoms with E-state index in [2.05, 4.69) is 41.7 Å². The number of halogens is 1. The van der Waals surface area contributed by atoms with Crippen molar-refractivity contribution >= 4 is 34.0 Å². The van der Waals surface area contributed by atoms with Crippen molar-refractivity contribution in [3.05, 3.63) is 94.7 Å². The first-order valence-electron chi connectivity index (χ1n) is 13.3. The van der Waals surface area contributed by atoms with E-state index >= 15 is 0 Å². The third-order valence-electron chi connectivity index (χ3n) is 6.78. The van der Waals surface area contributed by atoms with Gasteiger partial charge >= 0.3 is 0 Å². The number of phenols is 1.